The number of carbonyl (C=O) groups excluding carboxylic acids is 2. The van der Waals surface area contributed by atoms with Gasteiger partial charge in [-0.25, -0.2) is 0 Å². The quantitative estimate of drug-likeness (QED) is 0.602. The number of ether oxygens (including phenoxy) is 1. The van der Waals surface area contributed by atoms with E-state index in [-0.39, 0.29) is 18.4 Å². The Hall–Kier alpha value is -2.53. The molecular formula is C25H33ClN2O3. The molecule has 2 aromatic carbocycles. The van der Waals surface area contributed by atoms with Gasteiger partial charge < -0.3 is 15.0 Å². The van der Waals surface area contributed by atoms with Gasteiger partial charge in [-0.05, 0) is 62.4 Å². The molecule has 0 aromatic heterocycles. The first kappa shape index (κ1) is 24.7. The smallest absolute Gasteiger partial charge is 0.261 e. The van der Waals surface area contributed by atoms with Gasteiger partial charge in [-0.15, -0.1) is 0 Å². The number of nitrogens with one attached hydrogen (secondary N) is 1. The van der Waals surface area contributed by atoms with Crippen LogP contribution in [0.3, 0.4) is 0 Å². The summed E-state index contributed by atoms with van der Waals surface area (Å²) in [6, 6.07) is 10.9. The van der Waals surface area contributed by atoms with Gasteiger partial charge in [0.05, 0.1) is 0 Å². The van der Waals surface area contributed by atoms with E-state index >= 15 is 0 Å². The topological polar surface area (TPSA) is 58.6 Å². The molecule has 0 saturated carbocycles. The third kappa shape index (κ3) is 7.28. The van der Waals surface area contributed by atoms with Crippen LogP contribution in [-0.4, -0.2) is 35.9 Å². The van der Waals surface area contributed by atoms with Gasteiger partial charge in [0.2, 0.25) is 5.91 Å². The fourth-order valence-electron chi connectivity index (χ4n) is 3.14. The number of aryl methyl sites for hydroxylation is 3. The number of nitrogens with zero attached hydrogens (tertiary/aromatic N) is 1. The average molecular weight is 445 g/mol. The molecule has 0 fully saturated rings. The molecule has 1 N–H and O–H groups in total. The van der Waals surface area contributed by atoms with E-state index in [1.54, 1.807) is 11.8 Å². The summed E-state index contributed by atoms with van der Waals surface area (Å²) in [4.78, 5) is 27.3. The second kappa shape index (κ2) is 11.2. The Balaban J connectivity index is 2.16. The number of rotatable bonds is 9. The summed E-state index contributed by atoms with van der Waals surface area (Å²) < 4.78 is 5.77. The zero-order valence-electron chi connectivity index (χ0n) is 19.3. The fourth-order valence-corrected chi connectivity index (χ4v) is 3.25. The number of halogens is 1. The molecule has 5 nitrogen and oxygen atoms in total. The minimum atomic E-state index is -0.621. The Labute approximate surface area is 190 Å². The van der Waals surface area contributed by atoms with E-state index in [4.69, 9.17) is 16.3 Å². The molecule has 31 heavy (non-hydrogen) atoms. The lowest BCUT2D eigenvalue weighted by Gasteiger charge is -2.29. The minimum Gasteiger partial charge on any atom is -0.484 e. The molecule has 168 valence electrons. The molecule has 2 aromatic rings. The third-order valence-electron chi connectivity index (χ3n) is 5.10. The summed E-state index contributed by atoms with van der Waals surface area (Å²) >= 11 is 6.22. The highest BCUT2D eigenvalue weighted by Crippen LogP contribution is 2.26. The van der Waals surface area contributed by atoms with Crippen molar-refractivity contribution in [1.82, 2.24) is 10.2 Å². The fraction of sp³-hybridized carbons (Fsp3) is 0.440. The average Bonchev–Trinajstić information content (AvgIpc) is 2.73. The van der Waals surface area contributed by atoms with Crippen molar-refractivity contribution in [2.24, 2.45) is 5.92 Å². The predicted octanol–water partition coefficient (Wildman–Crippen LogP) is 4.83. The summed E-state index contributed by atoms with van der Waals surface area (Å²) in [6.45, 7) is 12.4. The summed E-state index contributed by atoms with van der Waals surface area (Å²) in [6.07, 6.45) is 0. The first-order chi connectivity index (χ1) is 14.6. The van der Waals surface area contributed by atoms with Gasteiger partial charge in [0.15, 0.2) is 6.61 Å². The standard InChI is InChI=1S/C25H33ClN2O3/c1-16(2)13-27-25(30)20(6)28(14-21-9-7-17(3)8-10-21)23(29)15-31-22-11-18(4)24(26)19(5)12-22/h7-12,16,20H,13-15H2,1-6H3,(H,27,30). The van der Waals surface area contributed by atoms with Crippen LogP contribution < -0.4 is 10.1 Å². The van der Waals surface area contributed by atoms with Crippen LogP contribution in [0.1, 0.15) is 43.0 Å². The van der Waals surface area contributed by atoms with Crippen LogP contribution in [0.25, 0.3) is 0 Å². The maximum atomic E-state index is 13.1. The molecule has 1 atom stereocenters. The minimum absolute atomic E-state index is 0.159. The number of amides is 2. The number of hydrogen-bond donors (Lipinski definition) is 1. The van der Waals surface area contributed by atoms with Crippen LogP contribution in [0.4, 0.5) is 0 Å². The first-order valence-electron chi connectivity index (χ1n) is 10.6. The van der Waals surface area contributed by atoms with Crippen LogP contribution >= 0.6 is 11.6 Å². The van der Waals surface area contributed by atoms with E-state index in [1.165, 1.54) is 0 Å². The first-order valence-corrected chi connectivity index (χ1v) is 11.0. The van der Waals surface area contributed by atoms with Gasteiger partial charge in [0.25, 0.3) is 5.91 Å². The lowest BCUT2D eigenvalue weighted by atomic mass is 10.1. The van der Waals surface area contributed by atoms with Crippen LogP contribution in [0.5, 0.6) is 5.75 Å². The number of carbonyl (C=O) groups is 2. The van der Waals surface area contributed by atoms with Crippen LogP contribution in [0.15, 0.2) is 36.4 Å². The molecule has 0 spiro atoms. The Bertz CT molecular complexity index is 886. The van der Waals surface area contributed by atoms with Gasteiger partial charge in [-0.1, -0.05) is 55.3 Å². The molecule has 0 aliphatic carbocycles. The zero-order chi connectivity index (χ0) is 23.1. The lowest BCUT2D eigenvalue weighted by Crippen LogP contribution is -2.49. The second-order valence-corrected chi connectivity index (χ2v) is 8.86. The van der Waals surface area contributed by atoms with Gasteiger partial charge in [0, 0.05) is 18.1 Å². The molecule has 0 radical (unpaired) electrons. The summed E-state index contributed by atoms with van der Waals surface area (Å²) in [5.41, 5.74) is 3.88. The van der Waals surface area contributed by atoms with Crippen molar-refractivity contribution in [2.45, 2.75) is 54.1 Å². The Morgan fingerprint density at radius 1 is 1.03 bits per heavy atom. The Morgan fingerprint density at radius 2 is 1.61 bits per heavy atom. The SMILES string of the molecule is Cc1ccc(CN(C(=O)COc2cc(C)c(Cl)c(C)c2)C(C)C(=O)NCC(C)C)cc1. The maximum Gasteiger partial charge on any atom is 0.261 e. The molecule has 0 heterocycles. The van der Waals surface area contributed by atoms with Crippen LogP contribution in [0.2, 0.25) is 5.02 Å². The van der Waals surface area contributed by atoms with E-state index < -0.39 is 6.04 Å². The Morgan fingerprint density at radius 3 is 2.16 bits per heavy atom. The maximum absolute atomic E-state index is 13.1. The van der Waals surface area contributed by atoms with E-state index in [2.05, 4.69) is 5.32 Å². The molecule has 2 amide bonds. The van der Waals surface area contributed by atoms with Gasteiger partial charge in [-0.3, -0.25) is 9.59 Å². The highest BCUT2D eigenvalue weighted by Gasteiger charge is 2.26. The predicted molar refractivity (Wildman–Crippen MR) is 125 cm³/mol. The van der Waals surface area contributed by atoms with Crippen LogP contribution in [0, 0.1) is 26.7 Å². The van der Waals surface area contributed by atoms with Crippen molar-refractivity contribution in [2.75, 3.05) is 13.2 Å². The van der Waals surface area contributed by atoms with Crippen LogP contribution in [-0.2, 0) is 16.1 Å². The highest BCUT2D eigenvalue weighted by molar-refractivity contribution is 6.32. The highest BCUT2D eigenvalue weighted by atomic mass is 35.5. The van der Waals surface area contributed by atoms with Crippen molar-refractivity contribution in [1.29, 1.82) is 0 Å². The molecule has 1 unspecified atom stereocenters. The molecule has 0 saturated heterocycles. The summed E-state index contributed by atoms with van der Waals surface area (Å²) in [5.74, 6) is 0.488. The van der Waals surface area contributed by atoms with Crippen molar-refractivity contribution in [3.05, 3.63) is 63.7 Å². The molecule has 0 aliphatic heterocycles. The van der Waals surface area contributed by atoms with Crippen molar-refractivity contribution in [3.8, 4) is 5.75 Å². The summed E-state index contributed by atoms with van der Waals surface area (Å²) in [5, 5.41) is 3.61. The third-order valence-corrected chi connectivity index (χ3v) is 5.69. The molecule has 2 rings (SSSR count). The zero-order valence-corrected chi connectivity index (χ0v) is 20.0. The van der Waals surface area contributed by atoms with E-state index in [0.717, 1.165) is 22.3 Å². The van der Waals surface area contributed by atoms with Crippen molar-refractivity contribution < 1.29 is 14.3 Å². The second-order valence-electron chi connectivity index (χ2n) is 8.48. The van der Waals surface area contributed by atoms with E-state index in [0.29, 0.717) is 29.8 Å². The normalized spacial score (nSPS) is 11.9. The van der Waals surface area contributed by atoms with Gasteiger partial charge in [-0.2, -0.15) is 0 Å². The molecule has 0 bridgehead atoms. The number of benzene rings is 2. The largest absolute Gasteiger partial charge is 0.484 e. The van der Waals surface area contributed by atoms with Gasteiger partial charge in [0.1, 0.15) is 11.8 Å². The lowest BCUT2D eigenvalue weighted by molar-refractivity contribution is -0.142. The van der Waals surface area contributed by atoms with Gasteiger partial charge >= 0.3 is 0 Å². The van der Waals surface area contributed by atoms with E-state index in [1.807, 2.05) is 71.0 Å². The molecule has 0 aliphatic rings. The summed E-state index contributed by atoms with van der Waals surface area (Å²) in [7, 11) is 0. The Kier molecular flexibility index (Phi) is 8.93. The van der Waals surface area contributed by atoms with E-state index in [9.17, 15) is 9.59 Å². The molecule has 6 heteroatoms. The van der Waals surface area contributed by atoms with Crippen molar-refractivity contribution >= 4 is 23.4 Å². The monoisotopic (exact) mass is 444 g/mol. The van der Waals surface area contributed by atoms with Crippen molar-refractivity contribution in [3.63, 3.8) is 0 Å². The number of hydrogen-bond acceptors (Lipinski definition) is 3. The molecular weight excluding hydrogens is 412 g/mol.